The zero-order chi connectivity index (χ0) is 16.1. The Balaban J connectivity index is 2.08. The molecule has 4 nitrogen and oxygen atoms in total. The monoisotopic (exact) mass is 381 g/mol. The van der Waals surface area contributed by atoms with E-state index in [1.807, 2.05) is 24.3 Å². The molecule has 114 valence electrons. The minimum atomic E-state index is -1.08. The van der Waals surface area contributed by atoms with E-state index in [0.717, 1.165) is 10.0 Å². The fourth-order valence-electron chi connectivity index (χ4n) is 1.90. The minimum Gasteiger partial charge on any atom is -0.480 e. The van der Waals surface area contributed by atoms with E-state index in [1.54, 1.807) is 24.3 Å². The largest absolute Gasteiger partial charge is 0.480 e. The van der Waals surface area contributed by atoms with Gasteiger partial charge in [-0.2, -0.15) is 0 Å². The lowest BCUT2D eigenvalue weighted by Gasteiger charge is -2.15. The van der Waals surface area contributed by atoms with Gasteiger partial charge in [0, 0.05) is 21.5 Å². The third-order valence-corrected chi connectivity index (χ3v) is 3.84. The molecule has 2 rings (SSSR count). The van der Waals surface area contributed by atoms with Crippen molar-refractivity contribution < 1.29 is 14.7 Å². The van der Waals surface area contributed by atoms with Gasteiger partial charge in [0.1, 0.15) is 6.04 Å². The van der Waals surface area contributed by atoms with Gasteiger partial charge in [-0.25, -0.2) is 4.79 Å². The Morgan fingerprint density at radius 1 is 1.09 bits per heavy atom. The van der Waals surface area contributed by atoms with E-state index in [2.05, 4.69) is 21.2 Å². The van der Waals surface area contributed by atoms with Crippen LogP contribution in [0.4, 0.5) is 0 Å². The molecule has 0 heterocycles. The smallest absolute Gasteiger partial charge is 0.326 e. The van der Waals surface area contributed by atoms with Crippen molar-refractivity contribution in [3.8, 4) is 0 Å². The van der Waals surface area contributed by atoms with Gasteiger partial charge in [0.05, 0.1) is 0 Å². The third kappa shape index (κ3) is 4.58. The van der Waals surface area contributed by atoms with Gasteiger partial charge < -0.3 is 10.4 Å². The van der Waals surface area contributed by atoms with Gasteiger partial charge in [0.2, 0.25) is 0 Å². The first-order valence-corrected chi connectivity index (χ1v) is 7.66. The Hall–Kier alpha value is -1.85. The van der Waals surface area contributed by atoms with Gasteiger partial charge in [-0.05, 0) is 42.0 Å². The highest BCUT2D eigenvalue weighted by Crippen LogP contribution is 2.13. The molecule has 2 aromatic carbocycles. The molecule has 6 heteroatoms. The summed E-state index contributed by atoms with van der Waals surface area (Å²) >= 11 is 9.08. The predicted molar refractivity (Wildman–Crippen MR) is 88.2 cm³/mol. The Morgan fingerprint density at radius 2 is 1.68 bits per heavy atom. The Kier molecular flexibility index (Phi) is 5.57. The van der Waals surface area contributed by atoms with Crippen molar-refractivity contribution in [3.05, 3.63) is 69.2 Å². The van der Waals surface area contributed by atoms with E-state index in [-0.39, 0.29) is 6.42 Å². The molecule has 0 fully saturated rings. The molecule has 2 aromatic rings. The highest BCUT2D eigenvalue weighted by Gasteiger charge is 2.21. The lowest BCUT2D eigenvalue weighted by atomic mass is 10.1. The Labute approximate surface area is 141 Å². The summed E-state index contributed by atoms with van der Waals surface area (Å²) in [7, 11) is 0. The second kappa shape index (κ2) is 7.42. The molecule has 2 N–H and O–H groups in total. The van der Waals surface area contributed by atoms with Crippen molar-refractivity contribution in [2.75, 3.05) is 0 Å². The number of halogens is 2. The second-order valence-electron chi connectivity index (χ2n) is 4.70. The first kappa shape index (κ1) is 16.5. The van der Waals surface area contributed by atoms with E-state index in [0.29, 0.717) is 10.6 Å². The number of benzene rings is 2. The van der Waals surface area contributed by atoms with Crippen LogP contribution >= 0.6 is 27.5 Å². The maximum atomic E-state index is 12.1. The third-order valence-electron chi connectivity index (χ3n) is 3.06. The molecule has 0 unspecified atom stereocenters. The molecule has 0 saturated heterocycles. The summed E-state index contributed by atoms with van der Waals surface area (Å²) in [6.45, 7) is 0. The van der Waals surface area contributed by atoms with Gasteiger partial charge in [-0.3, -0.25) is 4.79 Å². The van der Waals surface area contributed by atoms with Crippen LogP contribution in [0.1, 0.15) is 15.9 Å². The normalized spacial score (nSPS) is 11.7. The minimum absolute atomic E-state index is 0.210. The summed E-state index contributed by atoms with van der Waals surface area (Å²) in [6, 6.07) is 12.6. The topological polar surface area (TPSA) is 66.4 Å². The number of nitrogens with one attached hydrogen (secondary N) is 1. The van der Waals surface area contributed by atoms with Crippen LogP contribution in [0, 0.1) is 0 Å². The fourth-order valence-corrected chi connectivity index (χ4v) is 2.29. The maximum absolute atomic E-state index is 12.1. The first-order valence-electron chi connectivity index (χ1n) is 6.49. The van der Waals surface area contributed by atoms with E-state index in [9.17, 15) is 14.7 Å². The summed E-state index contributed by atoms with van der Waals surface area (Å²) in [5.41, 5.74) is 1.19. The lowest BCUT2D eigenvalue weighted by molar-refractivity contribution is -0.139. The van der Waals surface area contributed by atoms with Gasteiger partial charge in [-0.15, -0.1) is 0 Å². The summed E-state index contributed by atoms with van der Waals surface area (Å²) in [4.78, 5) is 23.4. The standard InChI is InChI=1S/C16H13BrClNO3/c17-12-5-1-10(2-6-12)9-14(16(21)22)19-15(20)11-3-7-13(18)8-4-11/h1-8,14H,9H2,(H,19,20)(H,21,22)/t14-/m0/s1. The van der Waals surface area contributed by atoms with Crippen molar-refractivity contribution in [3.63, 3.8) is 0 Å². The zero-order valence-electron chi connectivity index (χ0n) is 11.4. The molecular weight excluding hydrogens is 370 g/mol. The van der Waals surface area contributed by atoms with Crippen molar-refractivity contribution in [1.82, 2.24) is 5.32 Å². The fraction of sp³-hybridized carbons (Fsp3) is 0.125. The summed E-state index contributed by atoms with van der Waals surface area (Å²) in [5, 5.41) is 12.3. The molecule has 0 radical (unpaired) electrons. The van der Waals surface area contributed by atoms with Gasteiger partial charge >= 0.3 is 5.97 Å². The van der Waals surface area contributed by atoms with Crippen molar-refractivity contribution >= 4 is 39.4 Å². The molecule has 0 aliphatic carbocycles. The van der Waals surface area contributed by atoms with Crippen LogP contribution in [0.15, 0.2) is 53.0 Å². The second-order valence-corrected chi connectivity index (χ2v) is 6.05. The Morgan fingerprint density at radius 3 is 2.23 bits per heavy atom. The van der Waals surface area contributed by atoms with Crippen molar-refractivity contribution in [2.45, 2.75) is 12.5 Å². The number of carbonyl (C=O) groups is 2. The number of hydrogen-bond donors (Lipinski definition) is 2. The van der Waals surface area contributed by atoms with Gasteiger partial charge in [0.25, 0.3) is 5.91 Å². The molecule has 0 spiro atoms. The summed E-state index contributed by atoms with van der Waals surface area (Å²) in [6.07, 6.45) is 0.210. The molecule has 0 aliphatic rings. The highest BCUT2D eigenvalue weighted by molar-refractivity contribution is 9.10. The molecule has 1 atom stereocenters. The number of hydrogen-bond acceptors (Lipinski definition) is 2. The summed E-state index contributed by atoms with van der Waals surface area (Å²) in [5.74, 6) is -1.52. The van der Waals surface area contributed by atoms with E-state index in [4.69, 9.17) is 11.6 Å². The first-order chi connectivity index (χ1) is 10.5. The van der Waals surface area contributed by atoms with Crippen LogP contribution in [0.3, 0.4) is 0 Å². The average Bonchev–Trinajstić information content (AvgIpc) is 2.49. The Bertz CT molecular complexity index is 671. The van der Waals surface area contributed by atoms with Crippen LogP contribution in [0.5, 0.6) is 0 Å². The number of carboxylic acids is 1. The molecule has 1 amide bonds. The number of rotatable bonds is 5. The molecule has 0 aliphatic heterocycles. The SMILES string of the molecule is O=C(N[C@@H](Cc1ccc(Br)cc1)C(=O)O)c1ccc(Cl)cc1. The number of carboxylic acid groups (broad SMARTS) is 1. The van der Waals surface area contributed by atoms with Crippen molar-refractivity contribution in [1.29, 1.82) is 0 Å². The van der Waals surface area contributed by atoms with Crippen LogP contribution in [-0.4, -0.2) is 23.0 Å². The number of carbonyl (C=O) groups excluding carboxylic acids is 1. The highest BCUT2D eigenvalue weighted by atomic mass is 79.9. The quantitative estimate of drug-likeness (QED) is 0.831. The predicted octanol–water partition coefficient (Wildman–Crippen LogP) is 3.53. The average molecular weight is 383 g/mol. The maximum Gasteiger partial charge on any atom is 0.326 e. The molecule has 0 saturated carbocycles. The van der Waals surface area contributed by atoms with E-state index >= 15 is 0 Å². The molecule has 0 aromatic heterocycles. The number of aliphatic carboxylic acids is 1. The molecule has 0 bridgehead atoms. The number of amides is 1. The molecule has 22 heavy (non-hydrogen) atoms. The van der Waals surface area contributed by atoms with Gasteiger partial charge in [0.15, 0.2) is 0 Å². The zero-order valence-corrected chi connectivity index (χ0v) is 13.8. The van der Waals surface area contributed by atoms with E-state index in [1.165, 1.54) is 0 Å². The summed E-state index contributed by atoms with van der Waals surface area (Å²) < 4.78 is 0.910. The van der Waals surface area contributed by atoms with Crippen LogP contribution in [0.2, 0.25) is 5.02 Å². The van der Waals surface area contributed by atoms with Crippen LogP contribution in [0.25, 0.3) is 0 Å². The lowest BCUT2D eigenvalue weighted by Crippen LogP contribution is -2.42. The van der Waals surface area contributed by atoms with Crippen molar-refractivity contribution in [2.24, 2.45) is 0 Å². The van der Waals surface area contributed by atoms with Crippen LogP contribution in [-0.2, 0) is 11.2 Å². The van der Waals surface area contributed by atoms with E-state index < -0.39 is 17.9 Å². The van der Waals surface area contributed by atoms with Gasteiger partial charge in [-0.1, -0.05) is 39.7 Å². The molecular formula is C16H13BrClNO3. The van der Waals surface area contributed by atoms with Crippen LogP contribution < -0.4 is 5.32 Å².